The van der Waals surface area contributed by atoms with Gasteiger partial charge in [-0.05, 0) is 29.8 Å². The van der Waals surface area contributed by atoms with Crippen molar-refractivity contribution in [2.75, 3.05) is 0 Å². The number of hydrogen-bond donors (Lipinski definition) is 2. The maximum atomic E-state index is 13.0. The normalized spacial score (nSPS) is 10.7. The second-order valence-corrected chi connectivity index (χ2v) is 6.91. The zero-order valence-corrected chi connectivity index (χ0v) is 16.4. The molecular formula is C22H18N6O3. The molecule has 2 heterocycles. The highest BCUT2D eigenvalue weighted by Gasteiger charge is 2.19. The van der Waals surface area contributed by atoms with E-state index in [4.69, 9.17) is 5.26 Å². The Morgan fingerprint density at radius 2 is 2.03 bits per heavy atom. The van der Waals surface area contributed by atoms with Gasteiger partial charge in [0.05, 0.1) is 29.5 Å². The summed E-state index contributed by atoms with van der Waals surface area (Å²) in [4.78, 5) is 26.6. The molecule has 0 aliphatic heterocycles. The summed E-state index contributed by atoms with van der Waals surface area (Å²) in [6, 6.07) is 15.7. The number of aromatic nitrogens is 3. The number of rotatable bonds is 7. The highest BCUT2D eigenvalue weighted by atomic mass is 16.6. The average Bonchev–Trinajstić information content (AvgIpc) is 3.43. The number of fused-ring (bicyclic) bond motifs is 1. The number of hydrogen-bond acceptors (Lipinski definition) is 5. The van der Waals surface area contributed by atoms with Gasteiger partial charge in [0.25, 0.3) is 11.6 Å². The van der Waals surface area contributed by atoms with Gasteiger partial charge in [0.1, 0.15) is 5.69 Å². The molecule has 0 aliphatic rings. The van der Waals surface area contributed by atoms with Crippen molar-refractivity contribution in [1.29, 1.82) is 5.26 Å². The number of aromatic amines is 1. The topological polar surface area (TPSA) is 130 Å². The lowest BCUT2D eigenvalue weighted by molar-refractivity contribution is -0.384. The molecule has 2 aromatic carbocycles. The Morgan fingerprint density at radius 1 is 1.23 bits per heavy atom. The lowest BCUT2D eigenvalue weighted by Crippen LogP contribution is -2.23. The fourth-order valence-electron chi connectivity index (χ4n) is 3.40. The summed E-state index contributed by atoms with van der Waals surface area (Å²) in [5, 5.41) is 28.2. The molecule has 0 aliphatic carbocycles. The number of nitrogens with zero attached hydrogens (tertiary/aromatic N) is 4. The van der Waals surface area contributed by atoms with Gasteiger partial charge in [-0.3, -0.25) is 19.6 Å². The molecule has 0 saturated carbocycles. The number of carbonyl (C=O) groups excluding carboxylic acids is 1. The third kappa shape index (κ3) is 4.13. The quantitative estimate of drug-likeness (QED) is 0.351. The van der Waals surface area contributed by atoms with E-state index in [-0.39, 0.29) is 18.0 Å². The van der Waals surface area contributed by atoms with Gasteiger partial charge in [-0.2, -0.15) is 10.4 Å². The summed E-state index contributed by atoms with van der Waals surface area (Å²) in [6.07, 6.45) is 3.69. The number of nitro benzene ring substituents is 1. The number of non-ortho nitro benzene ring substituents is 1. The van der Waals surface area contributed by atoms with E-state index in [1.807, 2.05) is 30.5 Å². The van der Waals surface area contributed by atoms with Crippen LogP contribution in [0.15, 0.2) is 60.9 Å². The summed E-state index contributed by atoms with van der Waals surface area (Å²) in [6.45, 7) is 0.670. The van der Waals surface area contributed by atoms with E-state index < -0.39 is 4.92 Å². The summed E-state index contributed by atoms with van der Waals surface area (Å²) in [7, 11) is 0. The number of H-pyrrole nitrogens is 1. The number of carbonyl (C=O) groups is 1. The van der Waals surface area contributed by atoms with E-state index in [1.54, 1.807) is 23.0 Å². The third-order valence-electron chi connectivity index (χ3n) is 4.94. The molecular weight excluding hydrogens is 396 g/mol. The van der Waals surface area contributed by atoms with Crippen molar-refractivity contribution >= 4 is 22.5 Å². The van der Waals surface area contributed by atoms with Crippen molar-refractivity contribution in [3.63, 3.8) is 0 Å². The van der Waals surface area contributed by atoms with Gasteiger partial charge in [0.15, 0.2) is 0 Å². The van der Waals surface area contributed by atoms with Crippen molar-refractivity contribution in [3.8, 4) is 17.3 Å². The predicted molar refractivity (Wildman–Crippen MR) is 114 cm³/mol. The maximum Gasteiger partial charge on any atom is 0.269 e. The van der Waals surface area contributed by atoms with E-state index in [0.717, 1.165) is 16.5 Å². The van der Waals surface area contributed by atoms with Crippen LogP contribution in [0.25, 0.3) is 22.2 Å². The van der Waals surface area contributed by atoms with E-state index in [1.165, 1.54) is 12.1 Å². The molecule has 0 spiro atoms. The molecule has 31 heavy (non-hydrogen) atoms. The van der Waals surface area contributed by atoms with Gasteiger partial charge in [0.2, 0.25) is 0 Å². The zero-order chi connectivity index (χ0) is 21.8. The number of nitro groups is 1. The summed E-state index contributed by atoms with van der Waals surface area (Å²) in [5.41, 5.74) is 3.25. The molecule has 0 radical (unpaired) electrons. The largest absolute Gasteiger partial charge is 0.361 e. The van der Waals surface area contributed by atoms with Crippen LogP contribution in [-0.4, -0.2) is 25.6 Å². The van der Waals surface area contributed by atoms with E-state index in [9.17, 15) is 14.9 Å². The van der Waals surface area contributed by atoms with Crippen LogP contribution < -0.4 is 5.32 Å². The lowest BCUT2D eigenvalue weighted by Gasteiger charge is -2.07. The summed E-state index contributed by atoms with van der Waals surface area (Å²) < 4.78 is 1.54. The molecule has 1 amide bonds. The monoisotopic (exact) mass is 414 g/mol. The molecule has 2 aromatic heterocycles. The molecule has 0 atom stereocenters. The Bertz CT molecular complexity index is 1300. The van der Waals surface area contributed by atoms with Gasteiger partial charge in [-0.1, -0.05) is 12.1 Å². The Balaban J connectivity index is 1.61. The first-order valence-electron chi connectivity index (χ1n) is 9.59. The first kappa shape index (κ1) is 19.8. The van der Waals surface area contributed by atoms with Gasteiger partial charge >= 0.3 is 0 Å². The molecule has 4 aromatic rings. The third-order valence-corrected chi connectivity index (χ3v) is 4.94. The first-order chi connectivity index (χ1) is 15.1. The second kappa shape index (κ2) is 8.51. The number of aryl methyl sites for hydroxylation is 1. The van der Waals surface area contributed by atoms with Crippen LogP contribution in [0.3, 0.4) is 0 Å². The van der Waals surface area contributed by atoms with Gasteiger partial charge in [-0.25, -0.2) is 0 Å². The molecule has 0 bridgehead atoms. The predicted octanol–water partition coefficient (Wildman–Crippen LogP) is 3.78. The van der Waals surface area contributed by atoms with E-state index in [2.05, 4.69) is 21.5 Å². The van der Waals surface area contributed by atoms with Gasteiger partial charge in [0, 0.05) is 47.5 Å². The SMILES string of the molecule is N#CCCn1cc(C(=O)NCc2cccc3[nH]ccc23)c(-c2ccc([N+](=O)[O-])cc2)n1. The number of nitriles is 1. The van der Waals surface area contributed by atoms with Crippen molar-refractivity contribution in [1.82, 2.24) is 20.1 Å². The Kier molecular flexibility index (Phi) is 5.45. The smallest absolute Gasteiger partial charge is 0.269 e. The minimum Gasteiger partial charge on any atom is -0.361 e. The number of amides is 1. The number of benzene rings is 2. The lowest BCUT2D eigenvalue weighted by atomic mass is 10.1. The van der Waals surface area contributed by atoms with Crippen LogP contribution in [0, 0.1) is 21.4 Å². The molecule has 0 saturated heterocycles. The molecule has 0 fully saturated rings. The Labute approximate surface area is 177 Å². The van der Waals surface area contributed by atoms with E-state index in [0.29, 0.717) is 29.9 Å². The zero-order valence-electron chi connectivity index (χ0n) is 16.4. The fourth-order valence-corrected chi connectivity index (χ4v) is 3.40. The van der Waals surface area contributed by atoms with E-state index >= 15 is 0 Å². The minimum absolute atomic E-state index is 0.0433. The highest BCUT2D eigenvalue weighted by Crippen LogP contribution is 2.25. The van der Waals surface area contributed by atoms with Crippen LogP contribution in [0.1, 0.15) is 22.3 Å². The van der Waals surface area contributed by atoms with Crippen LogP contribution in [-0.2, 0) is 13.1 Å². The van der Waals surface area contributed by atoms with Crippen LogP contribution in [0.5, 0.6) is 0 Å². The highest BCUT2D eigenvalue weighted by molar-refractivity contribution is 6.00. The standard InChI is InChI=1S/C22H18N6O3/c23-10-2-12-27-14-19(21(26-27)15-5-7-17(8-6-15)28(30)31)22(29)25-13-16-3-1-4-20-18(16)9-11-24-20/h1,3-9,11,14,24H,2,12-13H2,(H,25,29). The van der Waals surface area contributed by atoms with Gasteiger partial charge < -0.3 is 10.3 Å². The molecule has 4 rings (SSSR count). The second-order valence-electron chi connectivity index (χ2n) is 6.91. The fraction of sp³-hybridized carbons (Fsp3) is 0.136. The number of nitrogens with one attached hydrogen (secondary N) is 2. The van der Waals surface area contributed by atoms with Crippen LogP contribution >= 0.6 is 0 Å². The first-order valence-corrected chi connectivity index (χ1v) is 9.59. The van der Waals surface area contributed by atoms with Crippen molar-refractivity contribution in [2.45, 2.75) is 19.5 Å². The van der Waals surface area contributed by atoms with Crippen molar-refractivity contribution in [3.05, 3.63) is 82.2 Å². The Morgan fingerprint density at radius 3 is 2.77 bits per heavy atom. The van der Waals surface area contributed by atoms with Crippen molar-refractivity contribution < 1.29 is 9.72 Å². The van der Waals surface area contributed by atoms with Gasteiger partial charge in [-0.15, -0.1) is 0 Å². The summed E-state index contributed by atoms with van der Waals surface area (Å²) in [5.74, 6) is -0.316. The Hall–Kier alpha value is -4.45. The molecule has 2 N–H and O–H groups in total. The van der Waals surface area contributed by atoms with Crippen molar-refractivity contribution in [2.24, 2.45) is 0 Å². The molecule has 0 unspecified atom stereocenters. The molecule has 9 nitrogen and oxygen atoms in total. The maximum absolute atomic E-state index is 13.0. The minimum atomic E-state index is -0.482. The molecule has 154 valence electrons. The van der Waals surface area contributed by atoms with Crippen LogP contribution in [0.4, 0.5) is 5.69 Å². The van der Waals surface area contributed by atoms with Crippen LogP contribution in [0.2, 0.25) is 0 Å². The average molecular weight is 414 g/mol. The summed E-state index contributed by atoms with van der Waals surface area (Å²) >= 11 is 0. The molecule has 9 heteroatoms.